The summed E-state index contributed by atoms with van der Waals surface area (Å²) in [4.78, 5) is 16.8. The van der Waals surface area contributed by atoms with Gasteiger partial charge in [-0.25, -0.2) is 4.98 Å². The fraction of sp³-hybridized carbons (Fsp3) is 0.125. The molecule has 106 valence electrons. The number of nitrogens with two attached hydrogens (primary N) is 1. The molecule has 2 N–H and O–H groups in total. The van der Waals surface area contributed by atoms with E-state index in [0.29, 0.717) is 17.4 Å². The fourth-order valence-corrected chi connectivity index (χ4v) is 2.64. The van der Waals surface area contributed by atoms with Gasteiger partial charge in [0.15, 0.2) is 0 Å². The number of hydrogen-bond acceptors (Lipinski definition) is 3. The summed E-state index contributed by atoms with van der Waals surface area (Å²) in [7, 11) is 0. The monoisotopic (exact) mass is 343 g/mol. The second-order valence-corrected chi connectivity index (χ2v) is 5.80. The number of nitrogens with zero attached hydrogens (tertiary/aromatic N) is 2. The van der Waals surface area contributed by atoms with Crippen LogP contribution in [0.2, 0.25) is 0 Å². The molecular weight excluding hydrogens is 330 g/mol. The highest BCUT2D eigenvalue weighted by atomic mass is 79.9. The standard InChI is InChI=1S/C16H14BrN3O/c17-12-6-7-15-13(8-12)16(21)20(10-19-15)9-14(18)11-4-2-1-3-5-11/h1-8,10,14H,9,18H2. The molecule has 0 bridgehead atoms. The summed E-state index contributed by atoms with van der Waals surface area (Å²) in [6, 6.07) is 15.0. The number of benzene rings is 2. The highest BCUT2D eigenvalue weighted by Crippen LogP contribution is 2.16. The smallest absolute Gasteiger partial charge is 0.261 e. The molecule has 0 aliphatic rings. The van der Waals surface area contributed by atoms with Crippen molar-refractivity contribution in [2.75, 3.05) is 0 Å². The number of fused-ring (bicyclic) bond motifs is 1. The number of aromatic nitrogens is 2. The van der Waals surface area contributed by atoms with Crippen LogP contribution in [0.25, 0.3) is 10.9 Å². The predicted octanol–water partition coefficient (Wildman–Crippen LogP) is 2.86. The quantitative estimate of drug-likeness (QED) is 0.795. The van der Waals surface area contributed by atoms with Gasteiger partial charge in [0.25, 0.3) is 5.56 Å². The molecule has 1 unspecified atom stereocenters. The molecule has 3 rings (SSSR count). The van der Waals surface area contributed by atoms with Gasteiger partial charge < -0.3 is 5.73 Å². The molecule has 2 aromatic carbocycles. The lowest BCUT2D eigenvalue weighted by Gasteiger charge is -2.14. The molecule has 0 saturated heterocycles. The number of hydrogen-bond donors (Lipinski definition) is 1. The maximum atomic E-state index is 12.5. The van der Waals surface area contributed by atoms with Gasteiger partial charge in [-0.05, 0) is 23.8 Å². The highest BCUT2D eigenvalue weighted by molar-refractivity contribution is 9.10. The highest BCUT2D eigenvalue weighted by Gasteiger charge is 2.10. The Labute approximate surface area is 130 Å². The van der Waals surface area contributed by atoms with Crippen LogP contribution in [0.1, 0.15) is 11.6 Å². The molecule has 0 aliphatic heterocycles. The van der Waals surface area contributed by atoms with E-state index < -0.39 is 0 Å². The molecule has 1 aromatic heterocycles. The number of rotatable bonds is 3. The Morgan fingerprint density at radius 2 is 1.95 bits per heavy atom. The van der Waals surface area contributed by atoms with Crippen LogP contribution in [-0.4, -0.2) is 9.55 Å². The van der Waals surface area contributed by atoms with Crippen LogP contribution in [0.15, 0.2) is 64.1 Å². The topological polar surface area (TPSA) is 60.9 Å². The van der Waals surface area contributed by atoms with Gasteiger partial charge in [0.1, 0.15) is 0 Å². The van der Waals surface area contributed by atoms with E-state index in [1.165, 1.54) is 0 Å². The Hall–Kier alpha value is -1.98. The van der Waals surface area contributed by atoms with Crippen LogP contribution < -0.4 is 11.3 Å². The van der Waals surface area contributed by atoms with Gasteiger partial charge in [-0.15, -0.1) is 0 Å². The molecule has 0 radical (unpaired) electrons. The third-order valence-corrected chi connectivity index (χ3v) is 3.90. The van der Waals surface area contributed by atoms with E-state index >= 15 is 0 Å². The zero-order valence-electron chi connectivity index (χ0n) is 11.2. The van der Waals surface area contributed by atoms with E-state index in [9.17, 15) is 4.79 Å². The Morgan fingerprint density at radius 3 is 2.71 bits per heavy atom. The summed E-state index contributed by atoms with van der Waals surface area (Å²) < 4.78 is 2.42. The summed E-state index contributed by atoms with van der Waals surface area (Å²) in [6.07, 6.45) is 1.56. The van der Waals surface area contributed by atoms with Crippen molar-refractivity contribution in [1.29, 1.82) is 0 Å². The van der Waals surface area contributed by atoms with Gasteiger partial charge in [-0.3, -0.25) is 9.36 Å². The Morgan fingerprint density at radius 1 is 1.19 bits per heavy atom. The minimum Gasteiger partial charge on any atom is -0.322 e. The summed E-state index contributed by atoms with van der Waals surface area (Å²) in [6.45, 7) is 0.401. The molecule has 0 amide bonds. The second-order valence-electron chi connectivity index (χ2n) is 4.88. The van der Waals surface area contributed by atoms with Gasteiger partial charge >= 0.3 is 0 Å². The normalized spacial score (nSPS) is 12.5. The molecular formula is C16H14BrN3O. The first kappa shape index (κ1) is 14.0. The first-order valence-electron chi connectivity index (χ1n) is 6.60. The van der Waals surface area contributed by atoms with Gasteiger partial charge in [0.05, 0.1) is 17.2 Å². The molecule has 1 atom stereocenters. The van der Waals surface area contributed by atoms with Crippen LogP contribution in [0, 0.1) is 0 Å². The van der Waals surface area contributed by atoms with Crippen molar-refractivity contribution in [3.8, 4) is 0 Å². The van der Waals surface area contributed by atoms with Crippen molar-refractivity contribution in [3.63, 3.8) is 0 Å². The van der Waals surface area contributed by atoms with Gasteiger partial charge in [0, 0.05) is 17.1 Å². The van der Waals surface area contributed by atoms with Crippen LogP contribution in [0.4, 0.5) is 0 Å². The van der Waals surface area contributed by atoms with E-state index in [1.54, 1.807) is 17.0 Å². The van der Waals surface area contributed by atoms with Crippen LogP contribution >= 0.6 is 15.9 Å². The van der Waals surface area contributed by atoms with Crippen molar-refractivity contribution < 1.29 is 0 Å². The maximum absolute atomic E-state index is 12.5. The maximum Gasteiger partial charge on any atom is 0.261 e. The van der Waals surface area contributed by atoms with Crippen molar-refractivity contribution in [3.05, 3.63) is 75.2 Å². The molecule has 0 fully saturated rings. The lowest BCUT2D eigenvalue weighted by atomic mass is 10.1. The van der Waals surface area contributed by atoms with Crippen LogP contribution in [0.5, 0.6) is 0 Å². The molecule has 0 spiro atoms. The zero-order valence-corrected chi connectivity index (χ0v) is 12.8. The van der Waals surface area contributed by atoms with E-state index in [-0.39, 0.29) is 11.6 Å². The van der Waals surface area contributed by atoms with Crippen molar-refractivity contribution in [1.82, 2.24) is 9.55 Å². The fourth-order valence-electron chi connectivity index (χ4n) is 2.28. The van der Waals surface area contributed by atoms with E-state index in [2.05, 4.69) is 20.9 Å². The minimum atomic E-state index is -0.240. The number of halogens is 1. The van der Waals surface area contributed by atoms with Crippen molar-refractivity contribution >= 4 is 26.8 Å². The van der Waals surface area contributed by atoms with E-state index in [0.717, 1.165) is 10.0 Å². The van der Waals surface area contributed by atoms with Gasteiger partial charge in [0.2, 0.25) is 0 Å². The Balaban J connectivity index is 1.98. The second kappa shape index (κ2) is 5.79. The molecule has 1 heterocycles. The van der Waals surface area contributed by atoms with Gasteiger partial charge in [-0.1, -0.05) is 46.3 Å². The predicted molar refractivity (Wildman–Crippen MR) is 87.1 cm³/mol. The molecule has 4 nitrogen and oxygen atoms in total. The summed E-state index contributed by atoms with van der Waals surface area (Å²) in [5.74, 6) is 0. The SMILES string of the molecule is NC(Cn1cnc2ccc(Br)cc2c1=O)c1ccccc1. The van der Waals surface area contributed by atoms with E-state index in [1.807, 2.05) is 42.5 Å². The zero-order chi connectivity index (χ0) is 14.8. The average molecular weight is 344 g/mol. The van der Waals surface area contributed by atoms with E-state index in [4.69, 9.17) is 5.73 Å². The lowest BCUT2D eigenvalue weighted by molar-refractivity contribution is 0.558. The Kier molecular flexibility index (Phi) is 3.86. The molecule has 21 heavy (non-hydrogen) atoms. The average Bonchev–Trinajstić information content (AvgIpc) is 2.51. The molecule has 0 saturated carbocycles. The Bertz CT molecular complexity index is 830. The largest absolute Gasteiger partial charge is 0.322 e. The first-order chi connectivity index (χ1) is 10.1. The van der Waals surface area contributed by atoms with Crippen LogP contribution in [-0.2, 0) is 6.54 Å². The summed E-state index contributed by atoms with van der Waals surface area (Å²) >= 11 is 3.38. The van der Waals surface area contributed by atoms with Crippen LogP contribution in [0.3, 0.4) is 0 Å². The van der Waals surface area contributed by atoms with Crippen molar-refractivity contribution in [2.24, 2.45) is 5.73 Å². The summed E-state index contributed by atoms with van der Waals surface area (Å²) in [5.41, 5.74) is 7.78. The molecule has 3 aromatic rings. The van der Waals surface area contributed by atoms with Crippen molar-refractivity contribution in [2.45, 2.75) is 12.6 Å². The summed E-state index contributed by atoms with van der Waals surface area (Å²) in [5, 5.41) is 0.590. The third kappa shape index (κ3) is 2.89. The molecule has 5 heteroatoms. The van der Waals surface area contributed by atoms with Gasteiger partial charge in [-0.2, -0.15) is 0 Å². The minimum absolute atomic E-state index is 0.0762. The lowest BCUT2D eigenvalue weighted by Crippen LogP contribution is -2.27. The molecule has 0 aliphatic carbocycles. The first-order valence-corrected chi connectivity index (χ1v) is 7.39. The third-order valence-electron chi connectivity index (χ3n) is 3.41.